The van der Waals surface area contributed by atoms with Gasteiger partial charge in [-0.2, -0.15) is 5.10 Å². The van der Waals surface area contributed by atoms with E-state index in [1.54, 1.807) is 0 Å². The van der Waals surface area contributed by atoms with E-state index >= 15 is 0 Å². The normalized spacial score (nSPS) is 11.3. The van der Waals surface area contributed by atoms with Gasteiger partial charge < -0.3 is 5.73 Å². The molecule has 5 nitrogen and oxygen atoms in total. The molecule has 0 aromatic carbocycles. The second kappa shape index (κ2) is 4.12. The second-order valence-electron chi connectivity index (χ2n) is 4.79. The van der Waals surface area contributed by atoms with Crippen molar-refractivity contribution in [3.05, 3.63) is 35.8 Å². The molecule has 0 radical (unpaired) electrons. The minimum atomic E-state index is 0.665. The number of nitrogens with zero attached hydrogens (tertiary/aromatic N) is 4. The molecule has 0 spiro atoms. The van der Waals surface area contributed by atoms with Crippen LogP contribution in [0, 0.1) is 6.92 Å². The molecule has 0 saturated heterocycles. The molecule has 0 aliphatic rings. The van der Waals surface area contributed by atoms with E-state index in [1.807, 2.05) is 47.6 Å². The van der Waals surface area contributed by atoms with Gasteiger partial charge >= 0.3 is 0 Å². The third-order valence-corrected chi connectivity index (χ3v) is 3.31. The average Bonchev–Trinajstić information content (AvgIpc) is 2.90. The van der Waals surface area contributed by atoms with Crippen molar-refractivity contribution >= 4 is 11.5 Å². The molecular weight excluding hydrogens is 238 g/mol. The van der Waals surface area contributed by atoms with Crippen molar-refractivity contribution in [2.24, 2.45) is 7.05 Å². The minimum Gasteiger partial charge on any atom is -0.383 e. The standard InChI is InChI=1S/C14H17N5/c1-4-11-10(8-18(3)17-11)13-14(15)19-6-5-9(2)7-12(19)16-13/h5-8H,4,15H2,1-3H3. The van der Waals surface area contributed by atoms with Gasteiger partial charge in [-0.1, -0.05) is 6.92 Å². The molecule has 0 saturated carbocycles. The Bertz CT molecular complexity index is 751. The summed E-state index contributed by atoms with van der Waals surface area (Å²) in [5, 5.41) is 4.45. The highest BCUT2D eigenvalue weighted by Gasteiger charge is 2.16. The van der Waals surface area contributed by atoms with Crippen LogP contribution in [0.3, 0.4) is 0 Å². The van der Waals surface area contributed by atoms with Gasteiger partial charge in [0.1, 0.15) is 17.2 Å². The van der Waals surface area contributed by atoms with Crippen LogP contribution in [0.2, 0.25) is 0 Å². The summed E-state index contributed by atoms with van der Waals surface area (Å²) in [5.74, 6) is 0.665. The molecule has 3 heterocycles. The molecule has 3 aromatic heterocycles. The number of rotatable bonds is 2. The van der Waals surface area contributed by atoms with Gasteiger partial charge in [0.25, 0.3) is 0 Å². The van der Waals surface area contributed by atoms with Gasteiger partial charge in [0.2, 0.25) is 0 Å². The van der Waals surface area contributed by atoms with Crippen molar-refractivity contribution < 1.29 is 0 Å². The van der Waals surface area contributed by atoms with Gasteiger partial charge in [-0.3, -0.25) is 9.08 Å². The zero-order chi connectivity index (χ0) is 13.6. The maximum atomic E-state index is 6.22. The second-order valence-corrected chi connectivity index (χ2v) is 4.79. The SMILES string of the molecule is CCc1nn(C)cc1-c1nc2cc(C)ccn2c1N. The number of pyridine rings is 1. The Morgan fingerprint density at radius 2 is 2.16 bits per heavy atom. The summed E-state index contributed by atoms with van der Waals surface area (Å²) in [5.41, 5.74) is 11.1. The first-order valence-corrected chi connectivity index (χ1v) is 6.37. The third kappa shape index (κ3) is 1.78. The summed E-state index contributed by atoms with van der Waals surface area (Å²) < 4.78 is 3.72. The van der Waals surface area contributed by atoms with Crippen LogP contribution in [0.5, 0.6) is 0 Å². The fraction of sp³-hybridized carbons (Fsp3) is 0.286. The fourth-order valence-electron chi connectivity index (χ4n) is 2.36. The number of imidazole rings is 1. The molecule has 0 bridgehead atoms. The Kier molecular flexibility index (Phi) is 2.55. The Morgan fingerprint density at radius 3 is 2.89 bits per heavy atom. The lowest BCUT2D eigenvalue weighted by molar-refractivity contribution is 0.746. The topological polar surface area (TPSA) is 61.1 Å². The predicted octanol–water partition coefficient (Wildman–Crippen LogP) is 2.19. The first-order valence-electron chi connectivity index (χ1n) is 6.37. The fourth-order valence-corrected chi connectivity index (χ4v) is 2.36. The molecule has 0 aliphatic carbocycles. The van der Waals surface area contributed by atoms with Crippen LogP contribution in [-0.4, -0.2) is 19.2 Å². The Morgan fingerprint density at radius 1 is 1.37 bits per heavy atom. The zero-order valence-electron chi connectivity index (χ0n) is 11.4. The summed E-state index contributed by atoms with van der Waals surface area (Å²) in [6, 6.07) is 4.06. The van der Waals surface area contributed by atoms with Gasteiger partial charge in [-0.05, 0) is 31.0 Å². The van der Waals surface area contributed by atoms with Crippen LogP contribution in [0.25, 0.3) is 16.9 Å². The van der Waals surface area contributed by atoms with Crippen LogP contribution in [0.15, 0.2) is 24.5 Å². The molecule has 0 aliphatic heterocycles. The maximum Gasteiger partial charge on any atom is 0.139 e. The van der Waals surface area contributed by atoms with Crippen molar-refractivity contribution in [2.75, 3.05) is 5.73 Å². The van der Waals surface area contributed by atoms with Crippen LogP contribution < -0.4 is 5.73 Å². The Hall–Kier alpha value is -2.30. The van der Waals surface area contributed by atoms with Crippen molar-refractivity contribution in [3.8, 4) is 11.3 Å². The summed E-state index contributed by atoms with van der Waals surface area (Å²) in [6.07, 6.45) is 4.80. The van der Waals surface area contributed by atoms with Gasteiger partial charge in [-0.25, -0.2) is 4.98 Å². The Balaban J connectivity index is 2.27. The number of nitrogens with two attached hydrogens (primary N) is 1. The predicted molar refractivity (Wildman–Crippen MR) is 75.9 cm³/mol. The number of nitrogen functional groups attached to an aromatic ring is 1. The lowest BCUT2D eigenvalue weighted by atomic mass is 10.1. The molecule has 19 heavy (non-hydrogen) atoms. The van der Waals surface area contributed by atoms with Crippen molar-refractivity contribution in [1.29, 1.82) is 0 Å². The number of hydrogen-bond donors (Lipinski definition) is 1. The van der Waals surface area contributed by atoms with E-state index in [0.717, 1.165) is 29.0 Å². The maximum absolute atomic E-state index is 6.22. The summed E-state index contributed by atoms with van der Waals surface area (Å²) in [7, 11) is 1.92. The van der Waals surface area contributed by atoms with Crippen molar-refractivity contribution in [2.45, 2.75) is 20.3 Å². The number of anilines is 1. The molecule has 3 rings (SSSR count). The monoisotopic (exact) mass is 255 g/mol. The van der Waals surface area contributed by atoms with Crippen LogP contribution in [0.4, 0.5) is 5.82 Å². The smallest absolute Gasteiger partial charge is 0.139 e. The van der Waals surface area contributed by atoms with Crippen molar-refractivity contribution in [1.82, 2.24) is 19.2 Å². The summed E-state index contributed by atoms with van der Waals surface area (Å²) in [6.45, 7) is 4.13. The molecule has 0 amide bonds. The van der Waals surface area contributed by atoms with E-state index in [-0.39, 0.29) is 0 Å². The third-order valence-electron chi connectivity index (χ3n) is 3.31. The number of hydrogen-bond acceptors (Lipinski definition) is 3. The largest absolute Gasteiger partial charge is 0.383 e. The quantitative estimate of drug-likeness (QED) is 0.763. The first-order chi connectivity index (χ1) is 9.10. The molecule has 0 fully saturated rings. The molecule has 2 N–H and O–H groups in total. The molecular formula is C14H17N5. The average molecular weight is 255 g/mol. The van der Waals surface area contributed by atoms with E-state index in [0.29, 0.717) is 5.82 Å². The Labute approximate surface area is 111 Å². The van der Waals surface area contributed by atoms with Gasteiger partial charge in [0, 0.05) is 25.0 Å². The van der Waals surface area contributed by atoms with Crippen molar-refractivity contribution in [3.63, 3.8) is 0 Å². The highest BCUT2D eigenvalue weighted by Crippen LogP contribution is 2.29. The van der Waals surface area contributed by atoms with Crippen LogP contribution >= 0.6 is 0 Å². The lowest BCUT2D eigenvalue weighted by Crippen LogP contribution is -1.94. The zero-order valence-corrected chi connectivity index (χ0v) is 11.4. The van der Waals surface area contributed by atoms with Crippen LogP contribution in [-0.2, 0) is 13.5 Å². The number of fused-ring (bicyclic) bond motifs is 1. The highest BCUT2D eigenvalue weighted by molar-refractivity contribution is 5.76. The summed E-state index contributed by atoms with van der Waals surface area (Å²) in [4.78, 5) is 4.65. The molecule has 0 unspecified atom stereocenters. The van der Waals surface area contributed by atoms with E-state index in [1.165, 1.54) is 5.56 Å². The van der Waals surface area contributed by atoms with Gasteiger partial charge in [0.05, 0.1) is 5.69 Å². The van der Waals surface area contributed by atoms with E-state index in [4.69, 9.17) is 5.73 Å². The van der Waals surface area contributed by atoms with E-state index in [2.05, 4.69) is 17.0 Å². The highest BCUT2D eigenvalue weighted by atomic mass is 15.3. The number of aromatic nitrogens is 4. The van der Waals surface area contributed by atoms with Gasteiger partial charge in [0.15, 0.2) is 0 Å². The van der Waals surface area contributed by atoms with Crippen LogP contribution in [0.1, 0.15) is 18.2 Å². The van der Waals surface area contributed by atoms with E-state index < -0.39 is 0 Å². The minimum absolute atomic E-state index is 0.665. The molecule has 3 aromatic rings. The van der Waals surface area contributed by atoms with Gasteiger partial charge in [-0.15, -0.1) is 0 Å². The number of aryl methyl sites for hydroxylation is 3. The molecule has 5 heteroatoms. The van der Waals surface area contributed by atoms with E-state index in [9.17, 15) is 0 Å². The molecule has 0 atom stereocenters. The lowest BCUT2D eigenvalue weighted by Gasteiger charge is -1.98. The summed E-state index contributed by atoms with van der Waals surface area (Å²) >= 11 is 0. The molecule has 98 valence electrons. The first kappa shape index (κ1) is 11.8.